The molecule has 0 radical (unpaired) electrons. The Morgan fingerprint density at radius 3 is 2.54 bits per heavy atom. The van der Waals surface area contributed by atoms with Gasteiger partial charge in [-0.2, -0.15) is 5.10 Å². The number of anilines is 2. The number of hydrogen-bond donors (Lipinski definition) is 3. The van der Waals surface area contributed by atoms with Crippen LogP contribution in [-0.2, 0) is 6.54 Å². The predicted octanol–water partition coefficient (Wildman–Crippen LogP) is 5.00. The molecule has 150 valence electrons. The summed E-state index contributed by atoms with van der Waals surface area (Å²) in [6.07, 6.45) is 6.70. The lowest BCUT2D eigenvalue weighted by Crippen LogP contribution is -2.08. The van der Waals surface area contributed by atoms with Crippen LogP contribution in [0.15, 0.2) is 48.7 Å². The fourth-order valence-corrected chi connectivity index (χ4v) is 3.42. The molecule has 0 amide bonds. The van der Waals surface area contributed by atoms with Crippen LogP contribution < -0.4 is 16.4 Å². The monoisotopic (exact) mass is 379 g/mol. The lowest BCUT2D eigenvalue weighted by Gasteiger charge is -2.14. The van der Waals surface area contributed by atoms with Gasteiger partial charge in [0.15, 0.2) is 0 Å². The summed E-state index contributed by atoms with van der Waals surface area (Å²) in [5, 5.41) is 11.8. The first-order chi connectivity index (χ1) is 13.7. The smallest absolute Gasteiger partial charge is 0.130 e. The van der Waals surface area contributed by atoms with E-state index in [-0.39, 0.29) is 0 Å². The molecule has 2 heterocycles. The van der Waals surface area contributed by atoms with Gasteiger partial charge in [0.25, 0.3) is 0 Å². The van der Waals surface area contributed by atoms with Gasteiger partial charge in [-0.3, -0.25) is 0 Å². The Hall–Kier alpha value is -2.53. The molecule has 0 fully saturated rings. The Balaban J connectivity index is 1.76. The molecule has 4 N–H and O–H groups in total. The Labute approximate surface area is 168 Å². The van der Waals surface area contributed by atoms with E-state index in [0.717, 1.165) is 44.0 Å². The highest BCUT2D eigenvalue weighted by Crippen LogP contribution is 2.27. The summed E-state index contributed by atoms with van der Waals surface area (Å²) in [5.41, 5.74) is 10.4. The maximum Gasteiger partial charge on any atom is 0.130 e. The van der Waals surface area contributed by atoms with Crippen molar-refractivity contribution < 1.29 is 0 Å². The van der Waals surface area contributed by atoms with Gasteiger partial charge in [0, 0.05) is 30.4 Å². The van der Waals surface area contributed by atoms with Gasteiger partial charge >= 0.3 is 0 Å². The number of aromatic nitrogens is 2. The van der Waals surface area contributed by atoms with Crippen molar-refractivity contribution in [1.82, 2.24) is 9.61 Å². The molecule has 5 nitrogen and oxygen atoms in total. The maximum atomic E-state index is 5.57. The van der Waals surface area contributed by atoms with Crippen LogP contribution in [0, 0.1) is 0 Å². The molecule has 0 saturated heterocycles. The molecule has 28 heavy (non-hydrogen) atoms. The molecule has 1 aromatic carbocycles. The number of hydrogen-bond acceptors (Lipinski definition) is 4. The first kappa shape index (κ1) is 20.2. The van der Waals surface area contributed by atoms with Crippen LogP contribution in [-0.4, -0.2) is 22.7 Å². The number of rotatable bonds is 11. The molecular weight excluding hydrogens is 346 g/mol. The van der Waals surface area contributed by atoms with E-state index in [1.807, 2.05) is 16.8 Å². The zero-order valence-electron chi connectivity index (χ0n) is 17.1. The minimum Gasteiger partial charge on any atom is -0.385 e. The van der Waals surface area contributed by atoms with E-state index in [0.29, 0.717) is 5.92 Å². The van der Waals surface area contributed by atoms with Crippen LogP contribution in [0.4, 0.5) is 11.5 Å². The van der Waals surface area contributed by atoms with Crippen molar-refractivity contribution in [2.24, 2.45) is 5.73 Å². The molecular formula is C23H33N5. The Morgan fingerprint density at radius 1 is 1.00 bits per heavy atom. The van der Waals surface area contributed by atoms with Crippen molar-refractivity contribution in [2.45, 2.75) is 52.0 Å². The highest BCUT2D eigenvalue weighted by Gasteiger charge is 2.12. The number of nitrogens with two attached hydrogens (primary N) is 1. The highest BCUT2D eigenvalue weighted by molar-refractivity contribution is 5.69. The van der Waals surface area contributed by atoms with E-state index >= 15 is 0 Å². The quantitative estimate of drug-likeness (QED) is 0.410. The van der Waals surface area contributed by atoms with Crippen molar-refractivity contribution in [3.8, 4) is 0 Å². The number of fused-ring (bicyclic) bond motifs is 1. The number of nitrogens with zero attached hydrogens (tertiary/aromatic N) is 2. The summed E-state index contributed by atoms with van der Waals surface area (Å²) in [5.74, 6) is 1.45. The summed E-state index contributed by atoms with van der Waals surface area (Å²) < 4.78 is 2.02. The molecule has 2 aromatic heterocycles. The predicted molar refractivity (Wildman–Crippen MR) is 119 cm³/mol. The van der Waals surface area contributed by atoms with Crippen molar-refractivity contribution in [3.63, 3.8) is 0 Å². The van der Waals surface area contributed by atoms with Gasteiger partial charge in [0.05, 0.1) is 11.7 Å². The minimum absolute atomic E-state index is 0.436. The van der Waals surface area contributed by atoms with Crippen LogP contribution >= 0.6 is 0 Å². The van der Waals surface area contributed by atoms with E-state index in [4.69, 9.17) is 5.73 Å². The van der Waals surface area contributed by atoms with Gasteiger partial charge in [-0.05, 0) is 36.9 Å². The molecule has 0 saturated carbocycles. The topological polar surface area (TPSA) is 67.4 Å². The molecule has 3 aromatic rings. The number of nitrogens with one attached hydrogen (secondary N) is 2. The zero-order chi connectivity index (χ0) is 19.8. The molecule has 5 heteroatoms. The molecule has 0 aliphatic heterocycles. The van der Waals surface area contributed by atoms with E-state index < -0.39 is 0 Å². The molecule has 0 aliphatic rings. The van der Waals surface area contributed by atoms with Crippen LogP contribution in [0.5, 0.6) is 0 Å². The van der Waals surface area contributed by atoms with Gasteiger partial charge in [-0.1, -0.05) is 57.0 Å². The third kappa shape index (κ3) is 5.26. The van der Waals surface area contributed by atoms with E-state index in [2.05, 4.69) is 66.0 Å². The Kier molecular flexibility index (Phi) is 7.31. The van der Waals surface area contributed by atoms with Gasteiger partial charge in [0.1, 0.15) is 5.82 Å². The number of pyridine rings is 1. The first-order valence-corrected chi connectivity index (χ1v) is 10.4. The van der Waals surface area contributed by atoms with Gasteiger partial charge in [-0.25, -0.2) is 4.52 Å². The van der Waals surface area contributed by atoms with E-state index in [1.165, 1.54) is 29.5 Å². The van der Waals surface area contributed by atoms with Gasteiger partial charge in [-0.15, -0.1) is 0 Å². The van der Waals surface area contributed by atoms with Crippen LogP contribution in [0.3, 0.4) is 0 Å². The second kappa shape index (κ2) is 10.1. The fraction of sp³-hybridized carbons (Fsp3) is 0.435. The van der Waals surface area contributed by atoms with Gasteiger partial charge in [0.2, 0.25) is 0 Å². The summed E-state index contributed by atoms with van der Waals surface area (Å²) in [6, 6.07) is 14.8. The average Bonchev–Trinajstić information content (AvgIpc) is 3.14. The summed E-state index contributed by atoms with van der Waals surface area (Å²) in [7, 11) is 0. The average molecular weight is 380 g/mol. The molecule has 0 bridgehead atoms. The highest BCUT2D eigenvalue weighted by atomic mass is 15.3. The largest absolute Gasteiger partial charge is 0.385 e. The Bertz CT molecular complexity index is 854. The molecule has 0 unspecified atom stereocenters. The Morgan fingerprint density at radius 2 is 1.79 bits per heavy atom. The molecule has 3 rings (SSSR count). The van der Waals surface area contributed by atoms with E-state index in [9.17, 15) is 0 Å². The summed E-state index contributed by atoms with van der Waals surface area (Å²) in [6.45, 7) is 6.97. The summed E-state index contributed by atoms with van der Waals surface area (Å²) in [4.78, 5) is 0. The van der Waals surface area contributed by atoms with Crippen molar-refractivity contribution in [1.29, 1.82) is 0 Å². The van der Waals surface area contributed by atoms with Crippen LogP contribution in [0.1, 0.15) is 56.6 Å². The first-order valence-electron chi connectivity index (χ1n) is 10.4. The molecule has 0 aliphatic carbocycles. The van der Waals surface area contributed by atoms with E-state index in [1.54, 1.807) is 0 Å². The fourth-order valence-electron chi connectivity index (χ4n) is 3.42. The third-order valence-electron chi connectivity index (χ3n) is 5.05. The van der Waals surface area contributed by atoms with Crippen LogP contribution in [0.2, 0.25) is 0 Å². The zero-order valence-corrected chi connectivity index (χ0v) is 17.1. The maximum absolute atomic E-state index is 5.57. The molecule has 0 atom stereocenters. The van der Waals surface area contributed by atoms with Gasteiger partial charge < -0.3 is 16.4 Å². The number of benzene rings is 1. The second-order valence-electron chi connectivity index (χ2n) is 7.65. The van der Waals surface area contributed by atoms with Crippen molar-refractivity contribution in [3.05, 3.63) is 59.8 Å². The standard InChI is InChI=1S/C23H33N5/c1-18(2)21-17-27-28-22(21)14-20(25-13-9-4-3-8-12-24)15-23(28)26-16-19-10-6-5-7-11-19/h5-7,10-11,14-15,17-18,25-26H,3-4,8-9,12-13,16,24H2,1-2H3. The SMILES string of the molecule is CC(C)c1cnn2c(NCc3ccccc3)cc(NCCCCCCN)cc12. The minimum atomic E-state index is 0.436. The van der Waals surface area contributed by atoms with Crippen molar-refractivity contribution >= 4 is 17.0 Å². The van der Waals surface area contributed by atoms with Crippen molar-refractivity contribution in [2.75, 3.05) is 23.7 Å². The third-order valence-corrected chi connectivity index (χ3v) is 5.05. The lowest BCUT2D eigenvalue weighted by molar-refractivity contribution is 0.661. The second-order valence-corrected chi connectivity index (χ2v) is 7.65. The normalized spacial score (nSPS) is 11.3. The number of unbranched alkanes of at least 4 members (excludes halogenated alkanes) is 3. The lowest BCUT2D eigenvalue weighted by atomic mass is 10.1. The summed E-state index contributed by atoms with van der Waals surface area (Å²) >= 11 is 0. The molecule has 0 spiro atoms. The van der Waals surface area contributed by atoms with Crippen LogP contribution in [0.25, 0.3) is 5.52 Å².